The lowest BCUT2D eigenvalue weighted by atomic mass is 10.1. The van der Waals surface area contributed by atoms with Crippen molar-refractivity contribution in [1.82, 2.24) is 9.55 Å². The zero-order valence-corrected chi connectivity index (χ0v) is 23.4. The second-order valence-electron chi connectivity index (χ2n) is 10.1. The van der Waals surface area contributed by atoms with Crippen LogP contribution >= 0.6 is 0 Å². The van der Waals surface area contributed by atoms with Gasteiger partial charge < -0.3 is 14.6 Å². The van der Waals surface area contributed by atoms with Crippen molar-refractivity contribution in [2.24, 2.45) is 7.05 Å². The Hall–Kier alpha value is -3.66. The van der Waals surface area contributed by atoms with E-state index in [1.54, 1.807) is 32.2 Å². The molecule has 4 aromatic rings. The molecule has 0 aliphatic carbocycles. The maximum absolute atomic E-state index is 12.9. The monoisotopic (exact) mass is 559 g/mol. The number of imidazole rings is 1. The molecular formula is C29H32F3N3O3S. The highest BCUT2D eigenvalue weighted by molar-refractivity contribution is 8.02. The molecule has 1 N–H and O–H groups in total. The van der Waals surface area contributed by atoms with E-state index >= 15 is 0 Å². The molecule has 0 saturated heterocycles. The van der Waals surface area contributed by atoms with Crippen LogP contribution in [0.25, 0.3) is 11.0 Å². The Balaban J connectivity index is 1.48. The molecule has 0 bridgehead atoms. The second-order valence-corrected chi connectivity index (χ2v) is 13.5. The largest absolute Gasteiger partial charge is 0.480 e. The van der Waals surface area contributed by atoms with Gasteiger partial charge in [0, 0.05) is 23.4 Å². The molecule has 0 aliphatic rings. The van der Waals surface area contributed by atoms with E-state index in [1.165, 1.54) is 12.1 Å². The molecule has 39 heavy (non-hydrogen) atoms. The molecule has 1 amide bonds. The lowest BCUT2D eigenvalue weighted by molar-refractivity contribution is -0.137. The van der Waals surface area contributed by atoms with Gasteiger partial charge >= 0.3 is 6.18 Å². The van der Waals surface area contributed by atoms with Crippen LogP contribution in [0.15, 0.2) is 71.6 Å². The average molecular weight is 560 g/mol. The highest BCUT2D eigenvalue weighted by Gasteiger charge is 2.32. The van der Waals surface area contributed by atoms with Gasteiger partial charge in [-0.1, -0.05) is 29.0 Å². The number of nitrogens with zero attached hydrogens (tertiary/aromatic N) is 2. The zero-order chi connectivity index (χ0) is 28.6. The zero-order valence-electron chi connectivity index (χ0n) is 22.5. The summed E-state index contributed by atoms with van der Waals surface area (Å²) in [7, 11) is -0.528. The summed E-state index contributed by atoms with van der Waals surface area (Å²) >= 11 is 0. The number of ether oxygens (including phenoxy) is 1. The van der Waals surface area contributed by atoms with Gasteiger partial charge in [0.2, 0.25) is 5.91 Å². The van der Waals surface area contributed by atoms with E-state index in [1.807, 2.05) is 48.9 Å². The Morgan fingerprint density at radius 1 is 1.03 bits per heavy atom. The summed E-state index contributed by atoms with van der Waals surface area (Å²) in [6.45, 7) is 5.48. The van der Waals surface area contributed by atoms with Crippen LogP contribution < -0.4 is 10.1 Å². The Labute approximate surface area is 226 Å². The van der Waals surface area contributed by atoms with Gasteiger partial charge in [0.05, 0.1) is 23.0 Å². The fraction of sp³-hybridized carbons (Fsp3) is 0.310. The number of hydrogen-bond donors (Lipinski definition) is 2. The fourth-order valence-corrected chi connectivity index (χ4v) is 5.52. The molecule has 3 aromatic carbocycles. The van der Waals surface area contributed by atoms with Crippen LogP contribution in [0.4, 0.5) is 18.9 Å². The number of benzene rings is 3. The first kappa shape index (κ1) is 28.4. The molecule has 0 fully saturated rings. The predicted molar refractivity (Wildman–Crippen MR) is 149 cm³/mol. The number of aryl methyl sites for hydroxylation is 1. The Bertz CT molecular complexity index is 1540. The molecule has 1 aromatic heterocycles. The van der Waals surface area contributed by atoms with E-state index in [4.69, 9.17) is 9.72 Å². The summed E-state index contributed by atoms with van der Waals surface area (Å²) < 4.78 is 59.1. The molecule has 0 aliphatic heterocycles. The van der Waals surface area contributed by atoms with Crippen LogP contribution in [0, 0.1) is 0 Å². The number of halogens is 3. The summed E-state index contributed by atoms with van der Waals surface area (Å²) in [5.41, 5.74) is 1.14. The molecule has 1 heterocycles. The summed E-state index contributed by atoms with van der Waals surface area (Å²) in [6, 6.07) is 17.2. The molecule has 0 atom stereocenters. The number of hydrogen-bond acceptors (Lipinski definition) is 4. The van der Waals surface area contributed by atoms with Crippen molar-refractivity contribution in [3.8, 4) is 5.75 Å². The quantitative estimate of drug-likeness (QED) is 0.256. The average Bonchev–Trinajstić information content (AvgIpc) is 3.20. The van der Waals surface area contributed by atoms with Crippen molar-refractivity contribution in [2.75, 3.05) is 17.3 Å². The number of anilines is 1. The highest BCUT2D eigenvalue weighted by Crippen LogP contribution is 2.33. The number of fused-ring (bicyclic) bond motifs is 1. The number of carbonyl (C=O) groups excluding carboxylic acids is 1. The molecule has 0 radical (unpaired) electrons. The Morgan fingerprint density at radius 2 is 1.67 bits per heavy atom. The van der Waals surface area contributed by atoms with Crippen LogP contribution in [0.3, 0.4) is 0 Å². The van der Waals surface area contributed by atoms with Gasteiger partial charge in [-0.15, -0.1) is 0 Å². The topological polar surface area (TPSA) is 73.2 Å². The van der Waals surface area contributed by atoms with Gasteiger partial charge in [0.25, 0.3) is 0 Å². The molecule has 0 spiro atoms. The van der Waals surface area contributed by atoms with Crippen molar-refractivity contribution in [3.63, 3.8) is 0 Å². The lowest BCUT2D eigenvalue weighted by Gasteiger charge is -2.26. The lowest BCUT2D eigenvalue weighted by Crippen LogP contribution is -2.29. The number of rotatable bonds is 8. The number of amides is 1. The fourth-order valence-electron chi connectivity index (χ4n) is 4.37. The van der Waals surface area contributed by atoms with Crippen LogP contribution in [0.5, 0.6) is 5.75 Å². The van der Waals surface area contributed by atoms with Gasteiger partial charge in [0.15, 0.2) is 11.4 Å². The van der Waals surface area contributed by atoms with Gasteiger partial charge in [0.1, 0.15) is 5.75 Å². The van der Waals surface area contributed by atoms with E-state index in [2.05, 4.69) is 5.32 Å². The molecule has 208 valence electrons. The van der Waals surface area contributed by atoms with Crippen molar-refractivity contribution in [3.05, 3.63) is 83.7 Å². The van der Waals surface area contributed by atoms with Crippen LogP contribution in [-0.4, -0.2) is 31.7 Å². The molecule has 6 nitrogen and oxygen atoms in total. The maximum atomic E-state index is 12.9. The number of nitrogens with one attached hydrogen (secondary N) is 1. The van der Waals surface area contributed by atoms with Crippen molar-refractivity contribution in [1.29, 1.82) is 0 Å². The minimum Gasteiger partial charge on any atom is -0.480 e. The normalized spacial score (nSPS) is 12.9. The van der Waals surface area contributed by atoms with Gasteiger partial charge in [-0.05, 0) is 80.3 Å². The van der Waals surface area contributed by atoms with Crippen LogP contribution in [0.2, 0.25) is 0 Å². The van der Waals surface area contributed by atoms with E-state index in [-0.39, 0.29) is 18.1 Å². The summed E-state index contributed by atoms with van der Waals surface area (Å²) in [5.74, 6) is 1.25. The van der Waals surface area contributed by atoms with E-state index in [0.29, 0.717) is 22.8 Å². The number of aromatic nitrogens is 2. The van der Waals surface area contributed by atoms with E-state index in [0.717, 1.165) is 28.1 Å². The Kier molecular flexibility index (Phi) is 7.62. The minimum absolute atomic E-state index is 0.167. The molecule has 10 heteroatoms. The first-order valence-electron chi connectivity index (χ1n) is 12.5. The standard InChI is InChI=1S/C29H32F3N3O3S/c1-6-39(5,37)23-14-7-19(8-15-23)17-26(36)33-21-11-16-25-24(18-21)34-27(35(25)4)28(2,3)38-22-12-9-20(10-13-22)29(30,31)32/h7-16,18,39H,6,17H2,1-5H3,(H,33,36). The first-order valence-corrected chi connectivity index (χ1v) is 14.8. The maximum Gasteiger partial charge on any atom is 0.416 e. The number of alkyl halides is 3. The smallest absolute Gasteiger partial charge is 0.416 e. The van der Waals surface area contributed by atoms with Gasteiger partial charge in [-0.3, -0.25) is 9.00 Å². The van der Waals surface area contributed by atoms with Gasteiger partial charge in [-0.25, -0.2) is 4.98 Å². The first-order chi connectivity index (χ1) is 18.2. The molecule has 0 unspecified atom stereocenters. The minimum atomic E-state index is -4.42. The van der Waals surface area contributed by atoms with Gasteiger partial charge in [-0.2, -0.15) is 13.2 Å². The van der Waals surface area contributed by atoms with E-state index in [9.17, 15) is 22.2 Å². The number of thiol groups is 1. The summed E-state index contributed by atoms with van der Waals surface area (Å²) in [5, 5.41) is 2.90. The molecule has 4 rings (SSSR count). The van der Waals surface area contributed by atoms with Crippen molar-refractivity contribution >= 4 is 32.6 Å². The second kappa shape index (κ2) is 10.5. The Morgan fingerprint density at radius 3 is 2.26 bits per heavy atom. The van der Waals surface area contributed by atoms with E-state index < -0.39 is 27.3 Å². The van der Waals surface area contributed by atoms with Crippen LogP contribution in [-0.2, 0) is 40.0 Å². The SMILES string of the molecule is CC[SH](C)(=O)c1ccc(CC(=O)Nc2ccc3c(c2)nc(C(C)(C)Oc2ccc(C(F)(F)F)cc2)n3C)cc1. The predicted octanol–water partition coefficient (Wildman–Crippen LogP) is 6.11. The van der Waals surface area contributed by atoms with Crippen molar-refractivity contribution in [2.45, 2.75) is 43.9 Å². The van der Waals surface area contributed by atoms with Crippen molar-refractivity contribution < 1.29 is 26.9 Å². The third-order valence-corrected chi connectivity index (χ3v) is 9.31. The van der Waals surface area contributed by atoms with Crippen LogP contribution in [0.1, 0.15) is 37.7 Å². The number of carbonyl (C=O) groups is 1. The summed E-state index contributed by atoms with van der Waals surface area (Å²) in [6.07, 6.45) is -2.49. The summed E-state index contributed by atoms with van der Waals surface area (Å²) in [4.78, 5) is 18.2. The third kappa shape index (κ3) is 6.33. The molecular weight excluding hydrogens is 527 g/mol. The highest BCUT2D eigenvalue weighted by atomic mass is 32.2. The molecule has 0 saturated carbocycles. The third-order valence-electron chi connectivity index (χ3n) is 6.71.